The average molecular weight is 1790 g/mol. The van der Waals surface area contributed by atoms with Gasteiger partial charge < -0.3 is 4.42 Å². The first-order valence-corrected chi connectivity index (χ1v) is 49.9. The van der Waals surface area contributed by atoms with Crippen molar-refractivity contribution in [1.82, 2.24) is 22.8 Å². The molecule has 0 atom stereocenters. The molecule has 11 nitrogen and oxygen atoms in total. The minimum absolute atomic E-state index is 0.831. The van der Waals surface area contributed by atoms with E-state index < -0.39 is 0 Å². The zero-order chi connectivity index (χ0) is 99.7. The highest BCUT2D eigenvalue weighted by Crippen LogP contribution is 2.39. The zero-order valence-corrected chi connectivity index (χ0v) is 88.8. The van der Waals surface area contributed by atoms with Crippen LogP contribution in [0.2, 0.25) is 0 Å². The van der Waals surface area contributed by atoms with Gasteiger partial charge in [0.1, 0.15) is 59.6 Å². The standard InChI is InChI=1S/2C21H17N2.C18H15N2O.C17H15N2.C17H17N2.14C2H6/c2*1-14-8-7-10-16-15-9-3-4-11-17(15)23-19-13-6-5-12-18(19)22(2)21(23)20(14)16;1-12-8-9-13-17-15(7-5-10-19-17)21-18(13)16(12)14-6-3-4-11-20(14)2;1-12-6-5-8-14-13-7-3-4-9-15(13)19-11-10-18(2)17(19)16(12)14;1-14-8-6-7-11-16(14)17-18(2)12-13-19(17)15-9-4-3-5-10-15;14*1-2/h2*3-13H,1-2H3;3-11H,1-2H3;3-11H,1-2H3;3-13H,1-2H3;14*1-2H3/q5*+1;;;;;;;;;;;;;;. The third-order valence-corrected chi connectivity index (χ3v) is 21.2. The van der Waals surface area contributed by atoms with Crippen LogP contribution in [-0.2, 0) is 35.2 Å². The number of benzene rings is 11. The van der Waals surface area contributed by atoms with E-state index in [4.69, 9.17) is 4.42 Å². The van der Waals surface area contributed by atoms with Crippen molar-refractivity contribution in [2.45, 2.75) is 228 Å². The van der Waals surface area contributed by atoms with Crippen molar-refractivity contribution in [3.8, 4) is 28.3 Å². The number of aryl methyl sites for hydroxylation is 10. The third-order valence-electron chi connectivity index (χ3n) is 21.2. The molecule has 133 heavy (non-hydrogen) atoms. The normalized spacial score (nSPS) is 9.73. The van der Waals surface area contributed by atoms with Gasteiger partial charge in [-0.25, -0.2) is 22.8 Å². The second kappa shape index (κ2) is 60.0. The van der Waals surface area contributed by atoms with Crippen LogP contribution in [0.3, 0.4) is 0 Å². The van der Waals surface area contributed by atoms with E-state index in [1.54, 1.807) is 6.20 Å². The molecule has 704 valence electrons. The smallest absolute Gasteiger partial charge is 0.295 e. The van der Waals surface area contributed by atoms with Gasteiger partial charge in [-0.15, -0.1) is 0 Å². The summed E-state index contributed by atoms with van der Waals surface area (Å²) in [5, 5.41) is 13.0. The molecule has 0 aliphatic heterocycles. The molecule has 0 aliphatic carbocycles. The van der Waals surface area contributed by atoms with Gasteiger partial charge in [-0.05, 0) is 147 Å². The fourth-order valence-electron chi connectivity index (χ4n) is 16.2. The summed E-state index contributed by atoms with van der Waals surface area (Å²) >= 11 is 0. The van der Waals surface area contributed by atoms with E-state index in [-0.39, 0.29) is 0 Å². The van der Waals surface area contributed by atoms with Gasteiger partial charge in [0, 0.05) is 56.0 Å². The first-order chi connectivity index (χ1) is 65.3. The molecule has 0 unspecified atom stereocenters. The van der Waals surface area contributed by atoms with Crippen molar-refractivity contribution >= 4 is 126 Å². The number of pyridine rings is 5. The number of nitrogens with zero attached hydrogens (tertiary/aromatic N) is 10. The van der Waals surface area contributed by atoms with Gasteiger partial charge in [-0.3, -0.25) is 4.98 Å². The summed E-state index contributed by atoms with van der Waals surface area (Å²) in [4.78, 5) is 4.46. The van der Waals surface area contributed by atoms with E-state index in [1.165, 1.54) is 149 Å². The van der Waals surface area contributed by atoms with E-state index in [1.807, 2.05) is 218 Å². The van der Waals surface area contributed by atoms with Crippen LogP contribution in [0.15, 0.2) is 315 Å². The Bertz CT molecular complexity index is 6800. The van der Waals surface area contributed by atoms with E-state index in [0.29, 0.717) is 0 Å². The van der Waals surface area contributed by atoms with E-state index in [9.17, 15) is 0 Å². The molecule has 0 fully saturated rings. The van der Waals surface area contributed by atoms with Crippen LogP contribution in [0.1, 0.15) is 222 Å². The fraction of sp³-hybridized carbons (Fsp3) is 0.311. The lowest BCUT2D eigenvalue weighted by atomic mass is 10.0. The lowest BCUT2D eigenvalue weighted by Gasteiger charge is -2.06. The Morgan fingerprint density at radius 1 is 0.271 bits per heavy atom. The van der Waals surface area contributed by atoms with Crippen LogP contribution in [0.25, 0.3) is 154 Å². The second-order valence-corrected chi connectivity index (χ2v) is 27.6. The fourth-order valence-corrected chi connectivity index (χ4v) is 16.2. The van der Waals surface area contributed by atoms with E-state index in [2.05, 4.69) is 395 Å². The first-order valence-electron chi connectivity index (χ1n) is 49.9. The van der Waals surface area contributed by atoms with E-state index >= 15 is 0 Å². The molecule has 0 saturated heterocycles. The van der Waals surface area contributed by atoms with Crippen LogP contribution < -0.4 is 22.8 Å². The summed E-state index contributed by atoms with van der Waals surface area (Å²) in [5.41, 5.74) is 26.4. The van der Waals surface area contributed by atoms with Crippen LogP contribution in [-0.4, -0.2) is 22.8 Å². The topological polar surface area (TPSA) is 63.6 Å². The highest BCUT2D eigenvalue weighted by atomic mass is 16.3. The molecule has 10 aromatic heterocycles. The second-order valence-electron chi connectivity index (χ2n) is 27.6. The Balaban J connectivity index is 0.000000401. The predicted molar refractivity (Wildman–Crippen MR) is 589 cm³/mol. The molecule has 0 aliphatic rings. The number of rotatable bonds is 3. The number of furan rings is 1. The average Bonchev–Trinajstić information content (AvgIpc) is 1.56. The van der Waals surface area contributed by atoms with Gasteiger partial charge in [0.15, 0.2) is 39.4 Å². The molecule has 0 spiro atoms. The Kier molecular flexibility index (Phi) is 51.5. The molecule has 10 heterocycles. The third kappa shape index (κ3) is 24.8. The van der Waals surface area contributed by atoms with Gasteiger partial charge in [0.05, 0.1) is 55.5 Å². The van der Waals surface area contributed by atoms with Crippen molar-refractivity contribution in [2.24, 2.45) is 35.2 Å². The number of aromatic nitrogens is 10. The first kappa shape index (κ1) is 114. The lowest BCUT2D eigenvalue weighted by Crippen LogP contribution is -2.30. The van der Waals surface area contributed by atoms with E-state index in [0.717, 1.165) is 33.3 Å². The summed E-state index contributed by atoms with van der Waals surface area (Å²) in [6, 6.07) is 96.2. The number of hydrogen-bond donors (Lipinski definition) is 0. The summed E-state index contributed by atoms with van der Waals surface area (Å²) in [6.07, 6.45) is 12.3. The maximum Gasteiger partial charge on any atom is 0.295 e. The number of hydrogen-bond acceptors (Lipinski definition) is 2. The van der Waals surface area contributed by atoms with Crippen molar-refractivity contribution < 1.29 is 27.3 Å². The quantitative estimate of drug-likeness (QED) is 0.131. The van der Waals surface area contributed by atoms with Gasteiger partial charge in [-0.1, -0.05) is 370 Å². The lowest BCUT2D eigenvalue weighted by molar-refractivity contribution is -0.660. The Hall–Kier alpha value is -13.1. The Labute approximate surface area is 801 Å². The monoisotopic (exact) mass is 1790 g/mol. The number of imidazole rings is 4. The molecule has 11 heteroatoms. The summed E-state index contributed by atoms with van der Waals surface area (Å²) in [5.74, 6) is 1.20. The minimum atomic E-state index is 0.831. The SMILES string of the molecule is CC.CC.CC.CC.CC.CC.CC.CC.CC.CC.CC.CC.CC.CC.Cc1ccc2c(oc3cccnc32)c1-c1cccc[n+]1C.Cc1cccc2c3ccccc3n3c4ccccc4[n+](C)c3c12.Cc1cccc2c3ccccc3n3c4ccccc4[n+](C)c3c12.Cc1cccc2c3ccccc3n3cc[n+](C)c3c12.Cc1ccccc1-c1n(-c2ccccc2)cc[n+]1C. The molecular weight excluding hydrogens is 1620 g/mol. The van der Waals surface area contributed by atoms with Gasteiger partial charge in [0.2, 0.25) is 5.69 Å². The number of fused-ring (bicyclic) bond motifs is 25. The molecule has 0 N–H and O–H groups in total. The molecule has 0 bridgehead atoms. The van der Waals surface area contributed by atoms with Crippen molar-refractivity contribution in [3.05, 3.63) is 338 Å². The number of para-hydroxylation sites is 8. The molecule has 21 rings (SSSR count). The molecule has 0 amide bonds. The summed E-state index contributed by atoms with van der Waals surface area (Å²) in [7, 11) is 10.6. The highest BCUT2D eigenvalue weighted by molar-refractivity contribution is 6.16. The van der Waals surface area contributed by atoms with Crippen LogP contribution in [0.4, 0.5) is 0 Å². The van der Waals surface area contributed by atoms with Crippen LogP contribution in [0.5, 0.6) is 0 Å². The highest BCUT2D eigenvalue weighted by Gasteiger charge is 2.28. The zero-order valence-electron chi connectivity index (χ0n) is 88.8. The maximum absolute atomic E-state index is 6.10. The molecule has 0 radical (unpaired) electrons. The van der Waals surface area contributed by atoms with Gasteiger partial charge in [0.25, 0.3) is 22.8 Å². The molecular formula is C122H165N10O+5. The van der Waals surface area contributed by atoms with Crippen molar-refractivity contribution in [2.75, 3.05) is 0 Å². The molecule has 11 aromatic carbocycles. The molecule has 21 aromatic rings. The Morgan fingerprint density at radius 3 is 1.11 bits per heavy atom. The van der Waals surface area contributed by atoms with Gasteiger partial charge in [-0.2, -0.15) is 17.8 Å². The van der Waals surface area contributed by atoms with Crippen molar-refractivity contribution in [3.63, 3.8) is 0 Å². The Morgan fingerprint density at radius 2 is 0.647 bits per heavy atom. The van der Waals surface area contributed by atoms with Crippen LogP contribution >= 0.6 is 0 Å². The van der Waals surface area contributed by atoms with Crippen molar-refractivity contribution in [1.29, 1.82) is 0 Å². The summed E-state index contributed by atoms with van der Waals surface area (Å²) < 4.78 is 26.5. The molecule has 0 saturated carbocycles. The predicted octanol–water partition coefficient (Wildman–Crippen LogP) is 33.9. The van der Waals surface area contributed by atoms with Crippen LogP contribution in [0, 0.1) is 34.6 Å². The minimum Gasteiger partial charge on any atom is -0.453 e. The largest absolute Gasteiger partial charge is 0.453 e. The maximum atomic E-state index is 6.10. The summed E-state index contributed by atoms with van der Waals surface area (Å²) in [6.45, 7) is 66.9. The van der Waals surface area contributed by atoms with Gasteiger partial charge >= 0.3 is 0 Å².